The molecule has 1 saturated heterocycles. The van der Waals surface area contributed by atoms with Crippen LogP contribution in [0.25, 0.3) is 0 Å². The summed E-state index contributed by atoms with van der Waals surface area (Å²) in [6, 6.07) is 6.06. The molecule has 1 atom stereocenters. The maximum atomic E-state index is 12.8. The topological polar surface area (TPSA) is 115 Å². The second kappa shape index (κ2) is 9.27. The van der Waals surface area contributed by atoms with Gasteiger partial charge in [0.25, 0.3) is 11.2 Å². The molecule has 0 aliphatic carbocycles. The van der Waals surface area contributed by atoms with Crippen LogP contribution >= 0.6 is 23.2 Å². The van der Waals surface area contributed by atoms with Crippen molar-refractivity contribution in [3.05, 3.63) is 67.0 Å². The van der Waals surface area contributed by atoms with Crippen LogP contribution < -0.4 is 10.9 Å². The van der Waals surface area contributed by atoms with E-state index in [4.69, 9.17) is 23.2 Å². The highest BCUT2D eigenvalue weighted by Gasteiger charge is 2.32. The molecule has 158 valence electrons. The number of nitrogens with one attached hydrogen (secondary N) is 1. The molecule has 1 aromatic heterocycles. The van der Waals surface area contributed by atoms with Crippen LogP contribution in [0.3, 0.4) is 0 Å². The first-order chi connectivity index (χ1) is 14.3. The SMILES string of the molecule is O=C(Nc1ccc(Cl)c(Cl)c1)C1CCCCN1C(=O)Cn1cc([N+](=O)[O-])ccc1=O. The lowest BCUT2D eigenvalue weighted by Crippen LogP contribution is -2.51. The van der Waals surface area contributed by atoms with Gasteiger partial charge in [-0.15, -0.1) is 0 Å². The summed E-state index contributed by atoms with van der Waals surface area (Å²) >= 11 is 11.9. The average molecular weight is 453 g/mol. The van der Waals surface area contributed by atoms with Crippen molar-refractivity contribution in [1.82, 2.24) is 9.47 Å². The van der Waals surface area contributed by atoms with E-state index in [1.54, 1.807) is 12.1 Å². The maximum Gasteiger partial charge on any atom is 0.285 e. The van der Waals surface area contributed by atoms with Gasteiger partial charge in [-0.05, 0) is 37.5 Å². The monoisotopic (exact) mass is 452 g/mol. The molecule has 1 N–H and O–H groups in total. The van der Waals surface area contributed by atoms with Gasteiger partial charge in [0.15, 0.2) is 0 Å². The smallest absolute Gasteiger partial charge is 0.285 e. The summed E-state index contributed by atoms with van der Waals surface area (Å²) in [7, 11) is 0. The normalized spacial score (nSPS) is 16.2. The summed E-state index contributed by atoms with van der Waals surface area (Å²) in [5, 5.41) is 14.3. The first-order valence-corrected chi connectivity index (χ1v) is 9.92. The zero-order chi connectivity index (χ0) is 21.8. The van der Waals surface area contributed by atoms with Gasteiger partial charge in [-0.3, -0.25) is 29.1 Å². The molecule has 11 heteroatoms. The van der Waals surface area contributed by atoms with Crippen molar-refractivity contribution in [2.45, 2.75) is 31.8 Å². The summed E-state index contributed by atoms with van der Waals surface area (Å²) < 4.78 is 0.975. The van der Waals surface area contributed by atoms with Crippen molar-refractivity contribution >= 4 is 46.4 Å². The molecule has 9 nitrogen and oxygen atoms in total. The highest BCUT2D eigenvalue weighted by Crippen LogP contribution is 2.26. The largest absolute Gasteiger partial charge is 0.329 e. The minimum Gasteiger partial charge on any atom is -0.329 e. The molecule has 1 fully saturated rings. The standard InChI is InChI=1S/C19H18Cl2N4O5/c20-14-6-4-12(9-15(14)21)22-19(28)16-3-1-2-8-24(16)18(27)11-23-10-13(25(29)30)5-7-17(23)26/h4-7,9-10,16H,1-3,8,11H2,(H,22,28). The molecule has 0 saturated carbocycles. The van der Waals surface area contributed by atoms with Gasteiger partial charge in [-0.1, -0.05) is 23.2 Å². The Kier molecular flexibility index (Phi) is 6.73. The van der Waals surface area contributed by atoms with Crippen molar-refractivity contribution in [2.75, 3.05) is 11.9 Å². The van der Waals surface area contributed by atoms with E-state index < -0.39 is 29.0 Å². The molecule has 0 spiro atoms. The van der Waals surface area contributed by atoms with E-state index in [0.29, 0.717) is 30.1 Å². The van der Waals surface area contributed by atoms with Gasteiger partial charge in [0, 0.05) is 24.4 Å². The van der Waals surface area contributed by atoms with Crippen molar-refractivity contribution in [2.24, 2.45) is 0 Å². The van der Waals surface area contributed by atoms with Gasteiger partial charge >= 0.3 is 0 Å². The van der Waals surface area contributed by atoms with Crippen LogP contribution in [0, 0.1) is 10.1 Å². The van der Waals surface area contributed by atoms with Crippen molar-refractivity contribution in [3.63, 3.8) is 0 Å². The van der Waals surface area contributed by atoms with E-state index in [2.05, 4.69) is 5.32 Å². The Labute approximate surface area is 181 Å². The second-order valence-electron chi connectivity index (χ2n) is 6.83. The Morgan fingerprint density at radius 2 is 1.93 bits per heavy atom. The lowest BCUT2D eigenvalue weighted by molar-refractivity contribution is -0.385. The molecule has 3 rings (SSSR count). The number of amides is 2. The number of aromatic nitrogens is 1. The number of rotatable bonds is 5. The molecule has 2 amide bonds. The highest BCUT2D eigenvalue weighted by molar-refractivity contribution is 6.42. The van der Waals surface area contributed by atoms with Crippen molar-refractivity contribution < 1.29 is 14.5 Å². The van der Waals surface area contributed by atoms with E-state index in [1.165, 1.54) is 11.0 Å². The molecule has 1 unspecified atom stereocenters. The van der Waals surface area contributed by atoms with Crippen LogP contribution in [0.5, 0.6) is 0 Å². The second-order valence-corrected chi connectivity index (χ2v) is 7.64. The van der Waals surface area contributed by atoms with Crippen molar-refractivity contribution in [3.8, 4) is 0 Å². The zero-order valence-corrected chi connectivity index (χ0v) is 17.2. The van der Waals surface area contributed by atoms with Crippen LogP contribution in [0.4, 0.5) is 11.4 Å². The molecule has 2 heterocycles. The number of benzene rings is 1. The summed E-state index contributed by atoms with van der Waals surface area (Å²) in [5.74, 6) is -0.848. The number of nitro groups is 1. The van der Waals surface area contributed by atoms with E-state index in [0.717, 1.165) is 29.3 Å². The van der Waals surface area contributed by atoms with Gasteiger partial charge in [0.05, 0.1) is 21.2 Å². The lowest BCUT2D eigenvalue weighted by Gasteiger charge is -2.34. The molecule has 30 heavy (non-hydrogen) atoms. The van der Waals surface area contributed by atoms with Gasteiger partial charge in [-0.2, -0.15) is 0 Å². The number of hydrogen-bond donors (Lipinski definition) is 1. The predicted octanol–water partition coefficient (Wildman–Crippen LogP) is 3.08. The van der Waals surface area contributed by atoms with Crippen LogP contribution in [0.1, 0.15) is 19.3 Å². The van der Waals surface area contributed by atoms with E-state index in [-0.39, 0.29) is 16.6 Å². The third-order valence-electron chi connectivity index (χ3n) is 4.80. The number of carbonyl (C=O) groups is 2. The van der Waals surface area contributed by atoms with E-state index >= 15 is 0 Å². The minimum absolute atomic E-state index is 0.288. The van der Waals surface area contributed by atoms with Crippen LogP contribution in [0.15, 0.2) is 41.3 Å². The van der Waals surface area contributed by atoms with Gasteiger partial charge in [0.1, 0.15) is 12.6 Å². The summed E-state index contributed by atoms with van der Waals surface area (Å²) in [4.78, 5) is 49.3. The Bertz CT molecular complexity index is 1060. The first kappa shape index (κ1) is 21.8. The highest BCUT2D eigenvalue weighted by atomic mass is 35.5. The molecule has 0 radical (unpaired) electrons. The minimum atomic E-state index is -0.727. The van der Waals surface area contributed by atoms with Crippen molar-refractivity contribution in [1.29, 1.82) is 0 Å². The number of piperidine rings is 1. The molecule has 1 aliphatic heterocycles. The summed E-state index contributed by atoms with van der Waals surface area (Å²) in [5.41, 5.74) is -0.389. The lowest BCUT2D eigenvalue weighted by atomic mass is 10.0. The molecule has 2 aromatic rings. The fraction of sp³-hybridized carbons (Fsp3) is 0.316. The number of likely N-dealkylation sites (tertiary alicyclic amines) is 1. The first-order valence-electron chi connectivity index (χ1n) is 9.16. The number of carbonyl (C=O) groups excluding carboxylic acids is 2. The van der Waals surface area contributed by atoms with Crippen LogP contribution in [-0.2, 0) is 16.1 Å². The fourth-order valence-electron chi connectivity index (χ4n) is 3.29. The number of hydrogen-bond acceptors (Lipinski definition) is 5. The van der Waals surface area contributed by atoms with Gasteiger partial charge in [0.2, 0.25) is 11.8 Å². The summed E-state index contributed by atoms with van der Waals surface area (Å²) in [6.45, 7) is -0.0426. The third kappa shape index (κ3) is 4.98. The number of halogens is 2. The third-order valence-corrected chi connectivity index (χ3v) is 5.54. The van der Waals surface area contributed by atoms with Crippen LogP contribution in [0.2, 0.25) is 10.0 Å². The fourth-order valence-corrected chi connectivity index (χ4v) is 3.59. The number of pyridine rings is 1. The molecular formula is C19H18Cl2N4O5. The molecular weight excluding hydrogens is 435 g/mol. The zero-order valence-electron chi connectivity index (χ0n) is 15.7. The van der Waals surface area contributed by atoms with E-state index in [9.17, 15) is 24.5 Å². The number of anilines is 1. The van der Waals surface area contributed by atoms with E-state index in [1.807, 2.05) is 0 Å². The van der Waals surface area contributed by atoms with Crippen LogP contribution in [-0.4, -0.2) is 38.8 Å². The predicted molar refractivity (Wildman–Crippen MR) is 112 cm³/mol. The quantitative estimate of drug-likeness (QED) is 0.552. The Morgan fingerprint density at radius 3 is 2.63 bits per heavy atom. The Hall–Kier alpha value is -2.91. The summed E-state index contributed by atoms with van der Waals surface area (Å²) in [6.07, 6.45) is 2.96. The Balaban J connectivity index is 1.76. The maximum absolute atomic E-state index is 12.8. The van der Waals surface area contributed by atoms with Gasteiger partial charge < -0.3 is 10.2 Å². The Morgan fingerprint density at radius 1 is 1.17 bits per heavy atom. The molecule has 0 bridgehead atoms. The number of nitrogens with zero attached hydrogens (tertiary/aromatic N) is 3. The average Bonchev–Trinajstić information content (AvgIpc) is 2.72. The molecule has 1 aromatic carbocycles. The molecule has 1 aliphatic rings. The van der Waals surface area contributed by atoms with Gasteiger partial charge in [-0.25, -0.2) is 0 Å².